The first-order valence-electron chi connectivity index (χ1n) is 9.83. The minimum absolute atomic E-state index is 0.168. The second-order valence-corrected chi connectivity index (χ2v) is 7.38. The van der Waals surface area contributed by atoms with Crippen LogP contribution in [0, 0.1) is 12.7 Å². The summed E-state index contributed by atoms with van der Waals surface area (Å²) in [6.45, 7) is 3.06. The van der Waals surface area contributed by atoms with Gasteiger partial charge in [-0.3, -0.25) is 14.2 Å². The molecule has 0 atom stereocenters. The lowest BCUT2D eigenvalue weighted by atomic mass is 10.1. The summed E-state index contributed by atoms with van der Waals surface area (Å²) < 4.78 is 15.2. The first kappa shape index (κ1) is 19.1. The van der Waals surface area contributed by atoms with E-state index in [1.807, 2.05) is 23.1 Å². The SMILES string of the molecule is Cc1ccc(NC(=O)Cn2c(=O)c(N3CCCCC3)nc3ccccc32)cc1F. The minimum Gasteiger partial charge on any atom is -0.352 e. The average Bonchev–Trinajstić information content (AvgIpc) is 2.73. The number of aryl methyl sites for hydroxylation is 1. The van der Waals surface area contributed by atoms with Crippen molar-refractivity contribution in [2.24, 2.45) is 0 Å². The quantitative estimate of drug-likeness (QED) is 0.736. The number of hydrogen-bond donors (Lipinski definition) is 1. The number of aromatic nitrogens is 2. The van der Waals surface area contributed by atoms with E-state index in [4.69, 9.17) is 0 Å². The standard InChI is InChI=1S/C22H23FN4O2/c1-15-9-10-16(13-17(15)23)24-20(28)14-27-19-8-4-3-7-18(19)25-21(22(27)29)26-11-5-2-6-12-26/h3-4,7-10,13H,2,5-6,11-12,14H2,1H3,(H,24,28). The van der Waals surface area contributed by atoms with Gasteiger partial charge in [0.1, 0.15) is 12.4 Å². The number of halogens is 1. The second-order valence-electron chi connectivity index (χ2n) is 7.38. The first-order valence-corrected chi connectivity index (χ1v) is 9.83. The van der Waals surface area contributed by atoms with Gasteiger partial charge in [0.15, 0.2) is 5.82 Å². The van der Waals surface area contributed by atoms with Crippen molar-refractivity contribution >= 4 is 28.4 Å². The number of carbonyl (C=O) groups is 1. The summed E-state index contributed by atoms with van der Waals surface area (Å²) in [4.78, 5) is 32.4. The van der Waals surface area contributed by atoms with Crippen molar-refractivity contribution in [2.45, 2.75) is 32.7 Å². The molecule has 1 fully saturated rings. The van der Waals surface area contributed by atoms with Gasteiger partial charge in [-0.25, -0.2) is 9.37 Å². The number of nitrogens with one attached hydrogen (secondary N) is 1. The number of amides is 1. The number of anilines is 2. The zero-order valence-electron chi connectivity index (χ0n) is 16.3. The van der Waals surface area contributed by atoms with Crippen molar-refractivity contribution in [3.05, 3.63) is 64.2 Å². The summed E-state index contributed by atoms with van der Waals surface area (Å²) in [5.41, 5.74) is 1.85. The fourth-order valence-corrected chi connectivity index (χ4v) is 3.66. The molecule has 1 N–H and O–H groups in total. The lowest BCUT2D eigenvalue weighted by molar-refractivity contribution is -0.116. The smallest absolute Gasteiger partial charge is 0.294 e. The van der Waals surface area contributed by atoms with Crippen molar-refractivity contribution < 1.29 is 9.18 Å². The van der Waals surface area contributed by atoms with Crippen LogP contribution >= 0.6 is 0 Å². The van der Waals surface area contributed by atoms with E-state index in [1.54, 1.807) is 25.1 Å². The zero-order chi connectivity index (χ0) is 20.4. The average molecular weight is 394 g/mol. The third-order valence-electron chi connectivity index (χ3n) is 5.25. The Balaban J connectivity index is 1.68. The van der Waals surface area contributed by atoms with Crippen LogP contribution < -0.4 is 15.8 Å². The van der Waals surface area contributed by atoms with Crippen molar-refractivity contribution in [3.8, 4) is 0 Å². The van der Waals surface area contributed by atoms with E-state index >= 15 is 0 Å². The Morgan fingerprint density at radius 1 is 1.14 bits per heavy atom. The van der Waals surface area contributed by atoms with Crippen molar-refractivity contribution in [1.29, 1.82) is 0 Å². The number of rotatable bonds is 4. The lowest BCUT2D eigenvalue weighted by Crippen LogP contribution is -2.38. The summed E-state index contributed by atoms with van der Waals surface area (Å²) in [5, 5.41) is 2.68. The lowest BCUT2D eigenvalue weighted by Gasteiger charge is -2.27. The van der Waals surface area contributed by atoms with Crippen molar-refractivity contribution in [3.63, 3.8) is 0 Å². The topological polar surface area (TPSA) is 67.2 Å². The molecule has 6 nitrogen and oxygen atoms in total. The highest BCUT2D eigenvalue weighted by Gasteiger charge is 2.20. The van der Waals surface area contributed by atoms with Crippen molar-refractivity contribution in [1.82, 2.24) is 9.55 Å². The van der Waals surface area contributed by atoms with Gasteiger partial charge in [-0.05, 0) is 56.0 Å². The van der Waals surface area contributed by atoms with Crippen LogP contribution in [0.15, 0.2) is 47.3 Å². The summed E-state index contributed by atoms with van der Waals surface area (Å²) in [7, 11) is 0. The third-order valence-corrected chi connectivity index (χ3v) is 5.25. The highest BCUT2D eigenvalue weighted by atomic mass is 19.1. The maximum atomic E-state index is 13.8. The molecule has 0 unspecified atom stereocenters. The predicted octanol–water partition coefficient (Wildman–Crippen LogP) is 3.47. The molecule has 1 aliphatic heterocycles. The molecule has 1 saturated heterocycles. The van der Waals surface area contributed by atoms with Gasteiger partial charge in [0.2, 0.25) is 5.91 Å². The molecule has 2 aromatic carbocycles. The third kappa shape index (κ3) is 3.99. The maximum Gasteiger partial charge on any atom is 0.294 e. The molecule has 4 rings (SSSR count). The van der Waals surface area contributed by atoms with E-state index in [0.29, 0.717) is 28.1 Å². The number of benzene rings is 2. The molecule has 150 valence electrons. The Bertz CT molecular complexity index is 1120. The number of carbonyl (C=O) groups excluding carboxylic acids is 1. The molecule has 2 heterocycles. The summed E-state index contributed by atoms with van der Waals surface area (Å²) in [6, 6.07) is 11.8. The van der Waals surface area contributed by atoms with E-state index in [0.717, 1.165) is 32.4 Å². The molecule has 0 bridgehead atoms. The van der Waals surface area contributed by atoms with Gasteiger partial charge in [0, 0.05) is 18.8 Å². The molecule has 0 saturated carbocycles. The van der Waals surface area contributed by atoms with Gasteiger partial charge in [-0.1, -0.05) is 18.2 Å². The zero-order valence-corrected chi connectivity index (χ0v) is 16.3. The molecule has 1 amide bonds. The number of para-hydroxylation sites is 2. The Morgan fingerprint density at radius 2 is 1.90 bits per heavy atom. The number of piperidine rings is 1. The molecular weight excluding hydrogens is 371 g/mol. The van der Waals surface area contributed by atoms with Crippen LogP contribution in [0.3, 0.4) is 0 Å². The molecule has 7 heteroatoms. The van der Waals surface area contributed by atoms with Crippen LogP contribution in [0.4, 0.5) is 15.9 Å². The van der Waals surface area contributed by atoms with Crippen LogP contribution in [0.5, 0.6) is 0 Å². The van der Waals surface area contributed by atoms with Gasteiger partial charge in [0.25, 0.3) is 5.56 Å². The van der Waals surface area contributed by atoms with E-state index in [1.165, 1.54) is 10.6 Å². The highest BCUT2D eigenvalue weighted by molar-refractivity contribution is 5.91. The largest absolute Gasteiger partial charge is 0.352 e. The molecule has 0 spiro atoms. The number of hydrogen-bond acceptors (Lipinski definition) is 4. The van der Waals surface area contributed by atoms with Crippen LogP contribution in [-0.4, -0.2) is 28.5 Å². The van der Waals surface area contributed by atoms with Crippen molar-refractivity contribution in [2.75, 3.05) is 23.3 Å². The molecule has 1 aliphatic rings. The van der Waals surface area contributed by atoms with Crippen LogP contribution in [0.2, 0.25) is 0 Å². The summed E-state index contributed by atoms with van der Waals surface area (Å²) >= 11 is 0. The molecule has 0 aliphatic carbocycles. The Labute approximate surface area is 168 Å². The fourth-order valence-electron chi connectivity index (χ4n) is 3.66. The van der Waals surface area contributed by atoms with Crippen LogP contribution in [0.25, 0.3) is 11.0 Å². The van der Waals surface area contributed by atoms with E-state index in [9.17, 15) is 14.0 Å². The first-order chi connectivity index (χ1) is 14.0. The van der Waals surface area contributed by atoms with Gasteiger partial charge in [-0.15, -0.1) is 0 Å². The number of nitrogens with zero attached hydrogens (tertiary/aromatic N) is 3. The molecule has 3 aromatic rings. The van der Waals surface area contributed by atoms with Gasteiger partial charge < -0.3 is 10.2 Å². The van der Waals surface area contributed by atoms with Crippen LogP contribution in [0.1, 0.15) is 24.8 Å². The monoisotopic (exact) mass is 394 g/mol. The number of fused-ring (bicyclic) bond motifs is 1. The van der Waals surface area contributed by atoms with Gasteiger partial charge in [0.05, 0.1) is 11.0 Å². The van der Waals surface area contributed by atoms with E-state index < -0.39 is 5.91 Å². The van der Waals surface area contributed by atoms with Gasteiger partial charge >= 0.3 is 0 Å². The van der Waals surface area contributed by atoms with E-state index in [2.05, 4.69) is 10.3 Å². The maximum absolute atomic E-state index is 13.8. The molecule has 1 aromatic heterocycles. The molecule has 29 heavy (non-hydrogen) atoms. The second kappa shape index (κ2) is 8.03. The van der Waals surface area contributed by atoms with Gasteiger partial charge in [-0.2, -0.15) is 0 Å². The minimum atomic E-state index is -0.392. The summed E-state index contributed by atoms with van der Waals surface area (Å²) in [5.74, 6) is -0.393. The highest BCUT2D eigenvalue weighted by Crippen LogP contribution is 2.19. The van der Waals surface area contributed by atoms with E-state index in [-0.39, 0.29) is 17.9 Å². The Hall–Kier alpha value is -3.22. The summed E-state index contributed by atoms with van der Waals surface area (Å²) in [6.07, 6.45) is 3.19. The fraction of sp³-hybridized carbons (Fsp3) is 0.318. The molecule has 0 radical (unpaired) electrons. The van der Waals surface area contributed by atoms with Crippen LogP contribution in [-0.2, 0) is 11.3 Å². The Morgan fingerprint density at radius 3 is 2.66 bits per heavy atom. The molecular formula is C22H23FN4O2. The Kier molecular flexibility index (Phi) is 5.29. The normalized spacial score (nSPS) is 14.2. The predicted molar refractivity (Wildman–Crippen MR) is 112 cm³/mol.